The average Bonchev–Trinajstić information content (AvgIpc) is 3.29. The van der Waals surface area contributed by atoms with E-state index in [-0.39, 0.29) is 5.41 Å². The summed E-state index contributed by atoms with van der Waals surface area (Å²) in [6.45, 7) is 0. The van der Waals surface area contributed by atoms with Gasteiger partial charge < -0.3 is 0 Å². The molecule has 0 heteroatoms. The van der Waals surface area contributed by atoms with Crippen LogP contribution in [0.1, 0.15) is 29.0 Å². The zero-order valence-corrected chi connectivity index (χ0v) is 16.1. The van der Waals surface area contributed by atoms with Gasteiger partial charge in [0.25, 0.3) is 0 Å². The number of allylic oxidation sites excluding steroid dienone is 6. The monoisotopic (exact) mass is 368 g/mol. The van der Waals surface area contributed by atoms with E-state index in [1.54, 1.807) is 0 Å². The van der Waals surface area contributed by atoms with Crippen molar-refractivity contribution in [2.45, 2.75) is 17.8 Å². The van der Waals surface area contributed by atoms with E-state index in [9.17, 15) is 0 Å². The lowest BCUT2D eigenvalue weighted by atomic mass is 9.71. The van der Waals surface area contributed by atoms with Gasteiger partial charge in [-0.25, -0.2) is 0 Å². The van der Waals surface area contributed by atoms with Gasteiger partial charge in [0, 0.05) is 11.3 Å². The molecule has 136 valence electrons. The van der Waals surface area contributed by atoms with Gasteiger partial charge in [-0.05, 0) is 61.9 Å². The molecule has 0 saturated heterocycles. The fourth-order valence-electron chi connectivity index (χ4n) is 6.16. The van der Waals surface area contributed by atoms with Gasteiger partial charge in [0.15, 0.2) is 0 Å². The first-order valence-corrected chi connectivity index (χ1v) is 10.5. The van der Waals surface area contributed by atoms with Crippen LogP contribution in [0.5, 0.6) is 0 Å². The number of rotatable bonds is 1. The van der Waals surface area contributed by atoms with Crippen molar-refractivity contribution in [1.82, 2.24) is 0 Å². The largest absolute Gasteiger partial charge is 0.0695 e. The van der Waals surface area contributed by atoms with Crippen molar-refractivity contribution in [2.24, 2.45) is 0 Å². The molecule has 3 aliphatic rings. The average molecular weight is 368 g/mol. The highest BCUT2D eigenvalue weighted by Crippen LogP contribution is 2.65. The van der Waals surface area contributed by atoms with E-state index in [2.05, 4.69) is 103 Å². The van der Waals surface area contributed by atoms with Crippen LogP contribution in [0.3, 0.4) is 0 Å². The molecule has 0 aliphatic heterocycles. The van der Waals surface area contributed by atoms with E-state index in [0.717, 1.165) is 6.42 Å². The van der Waals surface area contributed by atoms with Crippen LogP contribution >= 0.6 is 0 Å². The van der Waals surface area contributed by atoms with Crippen molar-refractivity contribution >= 4 is 27.1 Å². The van der Waals surface area contributed by atoms with Gasteiger partial charge in [-0.2, -0.15) is 0 Å². The van der Waals surface area contributed by atoms with E-state index < -0.39 is 0 Å². The fourth-order valence-corrected chi connectivity index (χ4v) is 6.16. The zero-order valence-electron chi connectivity index (χ0n) is 16.1. The van der Waals surface area contributed by atoms with E-state index in [4.69, 9.17) is 0 Å². The lowest BCUT2D eigenvalue weighted by Gasteiger charge is -2.32. The summed E-state index contributed by atoms with van der Waals surface area (Å²) in [5.74, 6) is 0.461. The van der Waals surface area contributed by atoms with Crippen molar-refractivity contribution in [3.63, 3.8) is 0 Å². The molecular weight excluding hydrogens is 348 g/mol. The van der Waals surface area contributed by atoms with E-state index in [0.29, 0.717) is 5.92 Å². The molecule has 0 fully saturated rings. The first-order valence-electron chi connectivity index (χ1n) is 10.5. The quantitative estimate of drug-likeness (QED) is 0.309. The summed E-state index contributed by atoms with van der Waals surface area (Å²) in [6.07, 6.45) is 10.4. The molecule has 0 heterocycles. The first-order chi connectivity index (χ1) is 14.4. The standard InChI is InChI=1S/C29H20/c1-3-11-21-19(9-1)17-20-10-2-4-12-22(20)27(21)28-24-18-29(16-8-7-15-26(28)29)25-14-6-5-13-23(24)25/h1-17,24H,18H2. The molecule has 0 radical (unpaired) electrons. The third-order valence-corrected chi connectivity index (χ3v) is 7.26. The summed E-state index contributed by atoms with van der Waals surface area (Å²) in [6, 6.07) is 29.2. The SMILES string of the molecule is C1=CC2=C(c3c4ccccc4cc4ccccc34)C3CC2(C=C1)c1ccccc13. The van der Waals surface area contributed by atoms with Gasteiger partial charge in [-0.3, -0.25) is 0 Å². The van der Waals surface area contributed by atoms with Crippen LogP contribution in [0.25, 0.3) is 27.1 Å². The highest BCUT2D eigenvalue weighted by Gasteiger charge is 2.53. The zero-order chi connectivity index (χ0) is 19.0. The lowest BCUT2D eigenvalue weighted by molar-refractivity contribution is 0.648. The Bertz CT molecular complexity index is 1380. The highest BCUT2D eigenvalue weighted by atomic mass is 14.5. The number of benzene rings is 4. The summed E-state index contributed by atoms with van der Waals surface area (Å²) >= 11 is 0. The maximum absolute atomic E-state index is 2.45. The second-order valence-electron chi connectivity index (χ2n) is 8.55. The molecule has 7 rings (SSSR count). The molecule has 1 spiro atoms. The van der Waals surface area contributed by atoms with Gasteiger partial charge in [0.1, 0.15) is 0 Å². The Balaban J connectivity index is 1.66. The molecule has 2 unspecified atom stereocenters. The van der Waals surface area contributed by atoms with Crippen LogP contribution in [0.2, 0.25) is 0 Å². The Hall–Kier alpha value is -3.38. The first kappa shape index (κ1) is 15.5. The summed E-state index contributed by atoms with van der Waals surface area (Å²) in [7, 11) is 0. The Morgan fingerprint density at radius 3 is 2.21 bits per heavy atom. The van der Waals surface area contributed by atoms with Crippen LogP contribution < -0.4 is 0 Å². The maximum Gasteiger partial charge on any atom is 0.0400 e. The van der Waals surface area contributed by atoms with Crippen molar-refractivity contribution in [3.8, 4) is 0 Å². The van der Waals surface area contributed by atoms with Crippen LogP contribution in [-0.2, 0) is 5.41 Å². The third-order valence-electron chi connectivity index (χ3n) is 7.26. The van der Waals surface area contributed by atoms with Gasteiger partial charge in [0.2, 0.25) is 0 Å². The van der Waals surface area contributed by atoms with Gasteiger partial charge in [-0.15, -0.1) is 0 Å². The molecule has 0 aromatic heterocycles. The van der Waals surface area contributed by atoms with Crippen LogP contribution in [0, 0.1) is 0 Å². The minimum Gasteiger partial charge on any atom is -0.0695 e. The predicted molar refractivity (Wildman–Crippen MR) is 122 cm³/mol. The predicted octanol–water partition coefficient (Wildman–Crippen LogP) is 7.31. The second-order valence-corrected chi connectivity index (χ2v) is 8.55. The van der Waals surface area contributed by atoms with Crippen molar-refractivity contribution in [2.75, 3.05) is 0 Å². The maximum atomic E-state index is 2.45. The molecule has 2 bridgehead atoms. The minimum absolute atomic E-state index is 0.0450. The molecule has 3 aliphatic carbocycles. The normalized spacial score (nSPS) is 23.8. The van der Waals surface area contributed by atoms with Gasteiger partial charge in [0.05, 0.1) is 0 Å². The Morgan fingerprint density at radius 2 is 1.41 bits per heavy atom. The molecule has 29 heavy (non-hydrogen) atoms. The van der Waals surface area contributed by atoms with E-state index >= 15 is 0 Å². The number of hydrogen-bond donors (Lipinski definition) is 0. The Kier molecular flexibility index (Phi) is 2.87. The van der Waals surface area contributed by atoms with Crippen LogP contribution in [0.15, 0.2) is 109 Å². The van der Waals surface area contributed by atoms with Crippen molar-refractivity contribution in [1.29, 1.82) is 0 Å². The number of hydrogen-bond acceptors (Lipinski definition) is 0. The summed E-state index contributed by atoms with van der Waals surface area (Å²) < 4.78 is 0. The molecule has 4 aromatic rings. The summed E-state index contributed by atoms with van der Waals surface area (Å²) in [4.78, 5) is 0. The topological polar surface area (TPSA) is 0 Å². The highest BCUT2D eigenvalue weighted by molar-refractivity contribution is 6.11. The van der Waals surface area contributed by atoms with Gasteiger partial charge in [-0.1, -0.05) is 97.1 Å². The summed E-state index contributed by atoms with van der Waals surface area (Å²) in [5, 5.41) is 5.40. The third kappa shape index (κ3) is 1.85. The van der Waals surface area contributed by atoms with Crippen LogP contribution in [-0.4, -0.2) is 0 Å². The molecule has 0 N–H and O–H groups in total. The fraction of sp³-hybridized carbons (Fsp3) is 0.103. The molecule has 2 atom stereocenters. The van der Waals surface area contributed by atoms with Crippen molar-refractivity contribution < 1.29 is 0 Å². The number of fused-ring (bicyclic) bond motifs is 5. The van der Waals surface area contributed by atoms with E-state index in [1.165, 1.54) is 49.4 Å². The Morgan fingerprint density at radius 1 is 0.724 bits per heavy atom. The molecule has 0 nitrogen and oxygen atoms in total. The van der Waals surface area contributed by atoms with Crippen molar-refractivity contribution in [3.05, 3.63) is 125 Å². The lowest BCUT2D eigenvalue weighted by Crippen LogP contribution is -2.22. The summed E-state index contributed by atoms with van der Waals surface area (Å²) in [5.41, 5.74) is 7.55. The Labute approximate surface area is 170 Å². The molecule has 4 aromatic carbocycles. The molecular formula is C29H20. The molecule has 0 amide bonds. The van der Waals surface area contributed by atoms with Crippen LogP contribution in [0.4, 0.5) is 0 Å². The smallest absolute Gasteiger partial charge is 0.0400 e. The second kappa shape index (κ2) is 5.36. The molecule has 0 saturated carbocycles. The van der Waals surface area contributed by atoms with Gasteiger partial charge >= 0.3 is 0 Å². The van der Waals surface area contributed by atoms with E-state index in [1.807, 2.05) is 0 Å². The minimum atomic E-state index is 0.0450.